The van der Waals surface area contributed by atoms with Gasteiger partial charge >= 0.3 is 6.18 Å². The molecule has 19 heavy (non-hydrogen) atoms. The van der Waals surface area contributed by atoms with Crippen LogP contribution in [-0.2, 0) is 0 Å². The van der Waals surface area contributed by atoms with Crippen LogP contribution < -0.4 is 5.32 Å². The number of hydrogen-bond donors (Lipinski definition) is 2. The first-order valence-corrected chi connectivity index (χ1v) is 7.40. The molecule has 2 saturated carbocycles. The lowest BCUT2D eigenvalue weighted by Gasteiger charge is -2.43. The van der Waals surface area contributed by atoms with Gasteiger partial charge in [0.2, 0.25) is 0 Å². The molecule has 0 bridgehead atoms. The van der Waals surface area contributed by atoms with E-state index in [4.69, 9.17) is 0 Å². The number of alkyl halides is 3. The van der Waals surface area contributed by atoms with Gasteiger partial charge in [0.1, 0.15) is 0 Å². The Kier molecular flexibility index (Phi) is 4.77. The van der Waals surface area contributed by atoms with Crippen molar-refractivity contribution in [2.45, 2.75) is 75.5 Å². The van der Waals surface area contributed by atoms with Gasteiger partial charge in [0.15, 0.2) is 0 Å². The summed E-state index contributed by atoms with van der Waals surface area (Å²) in [5.74, 6) is -1.18. The van der Waals surface area contributed by atoms with E-state index in [1.54, 1.807) is 0 Å². The van der Waals surface area contributed by atoms with Crippen molar-refractivity contribution in [2.24, 2.45) is 5.92 Å². The third-order valence-corrected chi connectivity index (χ3v) is 4.82. The predicted octanol–water partition coefficient (Wildman–Crippen LogP) is 3.39. The van der Waals surface area contributed by atoms with Crippen molar-refractivity contribution in [3.8, 4) is 0 Å². The predicted molar refractivity (Wildman–Crippen MR) is 67.8 cm³/mol. The normalized spacial score (nSPS) is 34.4. The van der Waals surface area contributed by atoms with E-state index in [1.165, 1.54) is 19.3 Å². The Balaban J connectivity index is 1.90. The Morgan fingerprint density at radius 3 is 2.05 bits per heavy atom. The van der Waals surface area contributed by atoms with Gasteiger partial charge in [0.05, 0.1) is 12.5 Å². The van der Waals surface area contributed by atoms with E-state index in [2.05, 4.69) is 5.32 Å². The molecule has 0 heterocycles. The van der Waals surface area contributed by atoms with Crippen LogP contribution in [-0.4, -0.2) is 29.5 Å². The van der Waals surface area contributed by atoms with Crippen LogP contribution in [0, 0.1) is 5.92 Å². The molecule has 0 aromatic heterocycles. The second-order valence-corrected chi connectivity index (χ2v) is 6.23. The van der Waals surface area contributed by atoms with Crippen LogP contribution in [0.1, 0.15) is 57.8 Å². The fraction of sp³-hybridized carbons (Fsp3) is 1.00. The van der Waals surface area contributed by atoms with Gasteiger partial charge in [-0.15, -0.1) is 0 Å². The van der Waals surface area contributed by atoms with E-state index in [1.807, 2.05) is 0 Å². The van der Waals surface area contributed by atoms with Crippen LogP contribution in [0.2, 0.25) is 0 Å². The molecule has 0 amide bonds. The number of rotatable bonds is 3. The molecule has 0 atom stereocenters. The Morgan fingerprint density at radius 1 is 1.00 bits per heavy atom. The number of aliphatic hydroxyl groups is 1. The topological polar surface area (TPSA) is 32.3 Å². The smallest absolute Gasteiger partial charge is 0.391 e. The van der Waals surface area contributed by atoms with Crippen molar-refractivity contribution in [3.63, 3.8) is 0 Å². The lowest BCUT2D eigenvalue weighted by molar-refractivity contribution is -0.186. The summed E-state index contributed by atoms with van der Waals surface area (Å²) in [6.07, 6.45) is 2.87. The molecule has 112 valence electrons. The first-order valence-electron chi connectivity index (χ1n) is 7.40. The summed E-state index contributed by atoms with van der Waals surface area (Å²) in [5.41, 5.74) is -0.468. The van der Waals surface area contributed by atoms with E-state index in [0.29, 0.717) is 18.9 Å². The van der Waals surface area contributed by atoms with E-state index in [9.17, 15) is 18.3 Å². The Hall–Kier alpha value is -0.290. The molecule has 2 aliphatic carbocycles. The molecule has 0 aliphatic heterocycles. The van der Waals surface area contributed by atoms with Gasteiger partial charge in [0, 0.05) is 11.6 Å². The summed E-state index contributed by atoms with van der Waals surface area (Å²) >= 11 is 0. The van der Waals surface area contributed by atoms with Crippen LogP contribution in [0.5, 0.6) is 0 Å². The number of aliphatic hydroxyl groups excluding tert-OH is 1. The minimum atomic E-state index is -4.08. The molecule has 0 radical (unpaired) electrons. The highest BCUT2D eigenvalue weighted by molar-refractivity contribution is 4.96. The van der Waals surface area contributed by atoms with Crippen molar-refractivity contribution in [3.05, 3.63) is 0 Å². The minimum absolute atomic E-state index is 0.0475. The maximum atomic E-state index is 12.7. The molecular formula is C14H24F3NO. The summed E-state index contributed by atoms with van der Waals surface area (Å²) < 4.78 is 38.0. The largest absolute Gasteiger partial charge is 0.394 e. The van der Waals surface area contributed by atoms with Crippen LogP contribution in [0.25, 0.3) is 0 Å². The second kappa shape index (κ2) is 6.00. The standard InChI is InChI=1S/C14H24F3NO/c15-14(16,17)11-6-8-13(10-19,9-7-11)18-12-4-2-1-3-5-12/h11-12,18-19H,1-10H2. The van der Waals surface area contributed by atoms with Crippen molar-refractivity contribution in [1.82, 2.24) is 5.32 Å². The molecule has 2 aliphatic rings. The first-order chi connectivity index (χ1) is 8.95. The third kappa shape index (κ3) is 3.85. The highest BCUT2D eigenvalue weighted by Gasteiger charge is 2.46. The maximum Gasteiger partial charge on any atom is 0.391 e. The average Bonchev–Trinajstić information content (AvgIpc) is 2.39. The first kappa shape index (κ1) is 15.1. The van der Waals surface area contributed by atoms with Crippen molar-refractivity contribution < 1.29 is 18.3 Å². The molecule has 2 N–H and O–H groups in total. The molecule has 2 nitrogen and oxygen atoms in total. The van der Waals surface area contributed by atoms with Gasteiger partial charge in [-0.2, -0.15) is 13.2 Å². The number of nitrogens with one attached hydrogen (secondary N) is 1. The van der Waals surface area contributed by atoms with Gasteiger partial charge in [0.25, 0.3) is 0 Å². The van der Waals surface area contributed by atoms with E-state index < -0.39 is 17.6 Å². The van der Waals surface area contributed by atoms with Crippen molar-refractivity contribution in [2.75, 3.05) is 6.61 Å². The van der Waals surface area contributed by atoms with Gasteiger partial charge in [-0.3, -0.25) is 0 Å². The van der Waals surface area contributed by atoms with Crippen molar-refractivity contribution >= 4 is 0 Å². The SMILES string of the molecule is OCC1(NC2CCCCC2)CCC(C(F)(F)F)CC1. The highest BCUT2D eigenvalue weighted by atomic mass is 19.4. The molecule has 2 rings (SSSR count). The fourth-order valence-electron chi connectivity index (χ4n) is 3.53. The van der Waals surface area contributed by atoms with Crippen LogP contribution >= 0.6 is 0 Å². The van der Waals surface area contributed by atoms with Gasteiger partial charge in [-0.25, -0.2) is 0 Å². The third-order valence-electron chi connectivity index (χ3n) is 4.82. The zero-order valence-corrected chi connectivity index (χ0v) is 11.3. The molecule has 0 aromatic rings. The molecule has 5 heteroatoms. The Morgan fingerprint density at radius 2 is 1.58 bits per heavy atom. The summed E-state index contributed by atoms with van der Waals surface area (Å²) in [5, 5.41) is 13.1. The zero-order chi connectivity index (χ0) is 13.9. The van der Waals surface area contributed by atoms with Gasteiger partial charge in [-0.05, 0) is 38.5 Å². The monoisotopic (exact) mass is 279 g/mol. The molecule has 0 unspecified atom stereocenters. The molecule has 2 fully saturated rings. The molecule has 0 spiro atoms. The quantitative estimate of drug-likeness (QED) is 0.830. The zero-order valence-electron chi connectivity index (χ0n) is 11.3. The Bertz CT molecular complexity index is 279. The van der Waals surface area contributed by atoms with E-state index in [0.717, 1.165) is 12.8 Å². The van der Waals surface area contributed by atoms with Crippen LogP contribution in [0.15, 0.2) is 0 Å². The molecule has 0 saturated heterocycles. The number of hydrogen-bond acceptors (Lipinski definition) is 2. The summed E-state index contributed by atoms with van der Waals surface area (Å²) in [4.78, 5) is 0. The van der Waals surface area contributed by atoms with Crippen LogP contribution in [0.4, 0.5) is 13.2 Å². The Labute approximate surface area is 112 Å². The fourth-order valence-corrected chi connectivity index (χ4v) is 3.53. The average molecular weight is 279 g/mol. The lowest BCUT2D eigenvalue weighted by atomic mass is 9.75. The lowest BCUT2D eigenvalue weighted by Crippen LogP contribution is -2.56. The maximum absolute atomic E-state index is 12.7. The van der Waals surface area contributed by atoms with E-state index in [-0.39, 0.29) is 19.4 Å². The number of halogens is 3. The minimum Gasteiger partial charge on any atom is -0.394 e. The van der Waals surface area contributed by atoms with Gasteiger partial charge < -0.3 is 10.4 Å². The molecule has 0 aromatic carbocycles. The molecular weight excluding hydrogens is 255 g/mol. The highest BCUT2D eigenvalue weighted by Crippen LogP contribution is 2.41. The summed E-state index contributed by atoms with van der Waals surface area (Å²) in [7, 11) is 0. The van der Waals surface area contributed by atoms with E-state index >= 15 is 0 Å². The van der Waals surface area contributed by atoms with Gasteiger partial charge in [-0.1, -0.05) is 19.3 Å². The summed E-state index contributed by atoms with van der Waals surface area (Å²) in [6, 6.07) is 0.378. The second-order valence-electron chi connectivity index (χ2n) is 6.23. The summed E-state index contributed by atoms with van der Waals surface area (Å²) in [6.45, 7) is -0.0475. The van der Waals surface area contributed by atoms with Crippen molar-refractivity contribution in [1.29, 1.82) is 0 Å². The van der Waals surface area contributed by atoms with Crippen LogP contribution in [0.3, 0.4) is 0 Å².